The topological polar surface area (TPSA) is 81.8 Å². The number of carbonyl (C=O) groups excluding carboxylic acids is 1. The van der Waals surface area contributed by atoms with Crippen molar-refractivity contribution in [2.75, 3.05) is 5.32 Å². The highest BCUT2D eigenvalue weighted by Crippen LogP contribution is 2.20. The standard InChI is InChI=1S/C19H19N5O2S/c1-2-9-24-15-6-4-3-5-14(15)21-19(24)22-16(25)7-10-23-12-20-17-13(18(23)26)8-11-27-17/h3-6,8,11-12H,2,7,9-10H2,1H3,(H,21,22,25). The fourth-order valence-electron chi connectivity index (χ4n) is 3.08. The molecule has 1 amide bonds. The number of thiophene rings is 1. The largest absolute Gasteiger partial charge is 0.310 e. The van der Waals surface area contributed by atoms with E-state index in [4.69, 9.17) is 0 Å². The van der Waals surface area contributed by atoms with Gasteiger partial charge in [-0.3, -0.25) is 19.5 Å². The van der Waals surface area contributed by atoms with Crippen molar-refractivity contribution in [2.45, 2.75) is 32.9 Å². The molecule has 138 valence electrons. The first kappa shape index (κ1) is 17.4. The van der Waals surface area contributed by atoms with E-state index in [9.17, 15) is 9.59 Å². The maximum absolute atomic E-state index is 12.4. The lowest BCUT2D eigenvalue weighted by Gasteiger charge is -2.09. The monoisotopic (exact) mass is 381 g/mol. The van der Waals surface area contributed by atoms with Crippen LogP contribution in [0.5, 0.6) is 0 Å². The summed E-state index contributed by atoms with van der Waals surface area (Å²) in [7, 11) is 0. The molecule has 0 aliphatic carbocycles. The molecule has 0 spiro atoms. The fraction of sp³-hybridized carbons (Fsp3) is 0.263. The molecular weight excluding hydrogens is 362 g/mol. The number of aromatic nitrogens is 4. The second kappa shape index (κ2) is 7.32. The van der Waals surface area contributed by atoms with Crippen LogP contribution in [-0.4, -0.2) is 25.0 Å². The third-order valence-corrected chi connectivity index (χ3v) is 5.20. The van der Waals surface area contributed by atoms with Crippen molar-refractivity contribution in [1.82, 2.24) is 19.1 Å². The van der Waals surface area contributed by atoms with Gasteiger partial charge in [-0.2, -0.15) is 0 Å². The quantitative estimate of drug-likeness (QED) is 0.556. The number of benzene rings is 1. The summed E-state index contributed by atoms with van der Waals surface area (Å²) in [6, 6.07) is 9.57. The third-order valence-electron chi connectivity index (χ3n) is 4.38. The number of anilines is 1. The molecule has 0 saturated carbocycles. The maximum atomic E-state index is 12.4. The summed E-state index contributed by atoms with van der Waals surface area (Å²) in [6.45, 7) is 3.13. The van der Waals surface area contributed by atoms with Crippen LogP contribution in [-0.2, 0) is 17.9 Å². The van der Waals surface area contributed by atoms with E-state index in [1.165, 1.54) is 22.2 Å². The molecule has 1 N–H and O–H groups in total. The second-order valence-electron chi connectivity index (χ2n) is 6.26. The van der Waals surface area contributed by atoms with Gasteiger partial charge in [0.2, 0.25) is 11.9 Å². The summed E-state index contributed by atoms with van der Waals surface area (Å²) in [6.07, 6.45) is 2.61. The van der Waals surface area contributed by atoms with Gasteiger partial charge in [-0.15, -0.1) is 11.3 Å². The summed E-state index contributed by atoms with van der Waals surface area (Å²) >= 11 is 1.43. The average Bonchev–Trinajstić information content (AvgIpc) is 3.27. The van der Waals surface area contributed by atoms with Gasteiger partial charge in [0.25, 0.3) is 5.56 Å². The Hall–Kier alpha value is -3.00. The molecule has 1 aromatic carbocycles. The van der Waals surface area contributed by atoms with Gasteiger partial charge in [0.1, 0.15) is 4.83 Å². The van der Waals surface area contributed by atoms with E-state index in [2.05, 4.69) is 22.2 Å². The Morgan fingerprint density at radius 3 is 2.93 bits per heavy atom. The highest BCUT2D eigenvalue weighted by molar-refractivity contribution is 7.16. The van der Waals surface area contributed by atoms with Crippen molar-refractivity contribution in [1.29, 1.82) is 0 Å². The molecule has 4 rings (SSSR count). The number of hydrogen-bond donors (Lipinski definition) is 1. The minimum absolute atomic E-state index is 0.118. The number of hydrogen-bond acceptors (Lipinski definition) is 5. The van der Waals surface area contributed by atoms with Gasteiger partial charge in [-0.25, -0.2) is 9.97 Å². The van der Waals surface area contributed by atoms with Crippen molar-refractivity contribution in [3.05, 3.63) is 52.4 Å². The molecule has 8 heteroatoms. The Labute approximate surface area is 159 Å². The third kappa shape index (κ3) is 3.35. The molecule has 0 atom stereocenters. The van der Waals surface area contributed by atoms with Crippen LogP contribution in [0.25, 0.3) is 21.3 Å². The van der Waals surface area contributed by atoms with Gasteiger partial charge in [0.05, 0.1) is 22.7 Å². The van der Waals surface area contributed by atoms with Gasteiger partial charge in [-0.1, -0.05) is 19.1 Å². The molecule has 0 saturated heterocycles. The molecule has 27 heavy (non-hydrogen) atoms. The normalized spacial score (nSPS) is 11.3. The highest BCUT2D eigenvalue weighted by atomic mass is 32.1. The maximum Gasteiger partial charge on any atom is 0.262 e. The lowest BCUT2D eigenvalue weighted by atomic mass is 10.3. The Morgan fingerprint density at radius 2 is 2.07 bits per heavy atom. The summed E-state index contributed by atoms with van der Waals surface area (Å²) in [5.41, 5.74) is 1.73. The number of imidazole rings is 1. The molecule has 7 nitrogen and oxygen atoms in total. The van der Waals surface area contributed by atoms with Crippen molar-refractivity contribution in [2.24, 2.45) is 0 Å². The van der Waals surface area contributed by atoms with Crippen molar-refractivity contribution < 1.29 is 4.79 Å². The summed E-state index contributed by atoms with van der Waals surface area (Å²) in [5.74, 6) is 0.363. The number of nitrogens with zero attached hydrogens (tertiary/aromatic N) is 4. The number of aryl methyl sites for hydroxylation is 2. The Balaban J connectivity index is 1.51. The number of carbonyl (C=O) groups is 1. The van der Waals surface area contributed by atoms with E-state index in [-0.39, 0.29) is 24.4 Å². The minimum atomic E-state index is -0.181. The molecule has 3 heterocycles. The van der Waals surface area contributed by atoms with Crippen LogP contribution in [0, 0.1) is 0 Å². The van der Waals surface area contributed by atoms with Gasteiger partial charge < -0.3 is 4.57 Å². The van der Waals surface area contributed by atoms with Crippen molar-refractivity contribution >= 4 is 44.4 Å². The van der Waals surface area contributed by atoms with Crippen LogP contribution in [0.3, 0.4) is 0 Å². The molecule has 0 bridgehead atoms. The Morgan fingerprint density at radius 1 is 1.22 bits per heavy atom. The van der Waals surface area contributed by atoms with Crippen molar-refractivity contribution in [3.8, 4) is 0 Å². The van der Waals surface area contributed by atoms with E-state index in [1.54, 1.807) is 6.07 Å². The molecule has 3 aromatic heterocycles. The zero-order valence-corrected chi connectivity index (χ0v) is 15.7. The summed E-state index contributed by atoms with van der Waals surface area (Å²) < 4.78 is 3.49. The van der Waals surface area contributed by atoms with E-state index >= 15 is 0 Å². The molecule has 0 aliphatic heterocycles. The first-order valence-electron chi connectivity index (χ1n) is 8.85. The number of nitrogens with one attached hydrogen (secondary N) is 1. The second-order valence-corrected chi connectivity index (χ2v) is 7.15. The summed E-state index contributed by atoms with van der Waals surface area (Å²) in [4.78, 5) is 34.4. The van der Waals surface area contributed by atoms with Crippen LogP contribution in [0.2, 0.25) is 0 Å². The van der Waals surface area contributed by atoms with Crippen LogP contribution in [0.15, 0.2) is 46.8 Å². The van der Waals surface area contributed by atoms with Crippen molar-refractivity contribution in [3.63, 3.8) is 0 Å². The average molecular weight is 381 g/mol. The van der Waals surface area contributed by atoms with Crippen LogP contribution in [0.1, 0.15) is 19.8 Å². The van der Waals surface area contributed by atoms with Crippen LogP contribution < -0.4 is 10.9 Å². The van der Waals surface area contributed by atoms with Crippen LogP contribution in [0.4, 0.5) is 5.95 Å². The summed E-state index contributed by atoms with van der Waals surface area (Å²) in [5, 5.41) is 5.32. The van der Waals surface area contributed by atoms with Crippen LogP contribution >= 0.6 is 11.3 Å². The molecule has 0 unspecified atom stereocenters. The van der Waals surface area contributed by atoms with Gasteiger partial charge in [0.15, 0.2) is 0 Å². The lowest BCUT2D eigenvalue weighted by molar-refractivity contribution is -0.116. The zero-order valence-electron chi connectivity index (χ0n) is 14.9. The van der Waals surface area contributed by atoms with Gasteiger partial charge >= 0.3 is 0 Å². The smallest absolute Gasteiger partial charge is 0.262 e. The number of rotatable bonds is 6. The van der Waals surface area contributed by atoms with E-state index in [1.807, 2.05) is 34.2 Å². The number of amides is 1. The Kier molecular flexibility index (Phi) is 4.72. The predicted octanol–water partition coefficient (Wildman–Crippen LogP) is 3.25. The lowest BCUT2D eigenvalue weighted by Crippen LogP contribution is -2.24. The highest BCUT2D eigenvalue weighted by Gasteiger charge is 2.13. The fourth-order valence-corrected chi connectivity index (χ4v) is 3.81. The molecule has 0 radical (unpaired) electrons. The number of para-hydroxylation sites is 2. The van der Waals surface area contributed by atoms with Gasteiger partial charge in [-0.05, 0) is 30.0 Å². The minimum Gasteiger partial charge on any atom is -0.310 e. The van der Waals surface area contributed by atoms with E-state index < -0.39 is 0 Å². The first-order chi connectivity index (χ1) is 13.2. The molecular formula is C19H19N5O2S. The van der Waals surface area contributed by atoms with E-state index in [0.29, 0.717) is 16.2 Å². The number of fused-ring (bicyclic) bond motifs is 2. The Bertz CT molecular complexity index is 1170. The van der Waals surface area contributed by atoms with Gasteiger partial charge in [0, 0.05) is 19.5 Å². The predicted molar refractivity (Wildman–Crippen MR) is 107 cm³/mol. The molecule has 4 aromatic rings. The molecule has 0 fully saturated rings. The first-order valence-corrected chi connectivity index (χ1v) is 9.73. The van der Waals surface area contributed by atoms with E-state index in [0.717, 1.165) is 24.0 Å². The SMILES string of the molecule is CCCn1c(NC(=O)CCn2cnc3sccc3c2=O)nc2ccccc21. The molecule has 0 aliphatic rings. The zero-order chi connectivity index (χ0) is 18.8.